The Morgan fingerprint density at radius 1 is 1.27 bits per heavy atom. The summed E-state index contributed by atoms with van der Waals surface area (Å²) in [6.45, 7) is 7.02. The largest absolute Gasteiger partial charge is 0.495 e. The summed E-state index contributed by atoms with van der Waals surface area (Å²) < 4.78 is 29.2. The van der Waals surface area contributed by atoms with Crippen molar-refractivity contribution in [2.75, 3.05) is 45.2 Å². The van der Waals surface area contributed by atoms with Gasteiger partial charge in [0.2, 0.25) is 11.8 Å². The van der Waals surface area contributed by atoms with Crippen molar-refractivity contribution in [3.05, 3.63) is 46.5 Å². The third-order valence-corrected chi connectivity index (χ3v) is 12.2. The van der Waals surface area contributed by atoms with E-state index in [0.29, 0.717) is 23.6 Å². The highest BCUT2D eigenvalue weighted by atomic mass is 35.5. The van der Waals surface area contributed by atoms with E-state index in [-0.39, 0.29) is 30.2 Å². The van der Waals surface area contributed by atoms with Crippen molar-refractivity contribution in [3.8, 4) is 5.75 Å². The van der Waals surface area contributed by atoms with Gasteiger partial charge in [-0.1, -0.05) is 63.9 Å². The molecule has 8 atom stereocenters. The van der Waals surface area contributed by atoms with Crippen LogP contribution in [-0.2, 0) is 39.8 Å². The average Bonchev–Trinajstić information content (AvgIpc) is 3.80. The number of allylic oxidation sites excluding steroid dienone is 3. The van der Waals surface area contributed by atoms with E-state index in [1.807, 2.05) is 19.3 Å². The van der Waals surface area contributed by atoms with Gasteiger partial charge in [-0.15, -0.1) is 0 Å². The van der Waals surface area contributed by atoms with Crippen molar-refractivity contribution in [2.24, 2.45) is 5.92 Å². The van der Waals surface area contributed by atoms with E-state index in [1.165, 1.54) is 31.1 Å². The first-order valence-corrected chi connectivity index (χ1v) is 20.1. The number of benzene rings is 1. The number of methoxy groups -OCH3 is 2. The molecule has 0 aromatic heterocycles. The molecular formula is C36H50ClN3O10S2. The number of carbonyl (C=O) groups is 4. The first-order chi connectivity index (χ1) is 24.5. The van der Waals surface area contributed by atoms with E-state index in [2.05, 4.69) is 5.32 Å². The van der Waals surface area contributed by atoms with Crippen LogP contribution in [-0.4, -0.2) is 116 Å². The number of hydrogen-bond acceptors (Lipinski definition) is 12. The number of hydrogen-bond donors (Lipinski definition) is 2. The molecule has 13 nitrogen and oxygen atoms in total. The Kier molecular flexibility index (Phi) is 14.0. The number of fused-ring (bicyclic) bond motifs is 5. The normalized spacial score (nSPS) is 31.6. The molecule has 0 radical (unpaired) electrons. The molecule has 4 rings (SSSR count). The lowest BCUT2D eigenvalue weighted by atomic mass is 9.83. The Morgan fingerprint density at radius 3 is 2.63 bits per heavy atom. The summed E-state index contributed by atoms with van der Waals surface area (Å²) in [5.41, 5.74) is -0.884. The number of anilines is 1. The molecule has 4 bridgehead atoms. The second kappa shape index (κ2) is 17.5. The zero-order valence-electron chi connectivity index (χ0n) is 31.1. The van der Waals surface area contributed by atoms with E-state index in [1.54, 1.807) is 73.7 Å². The van der Waals surface area contributed by atoms with Gasteiger partial charge in [0.05, 0.1) is 25.3 Å². The maximum atomic E-state index is 14.1. The van der Waals surface area contributed by atoms with Crippen LogP contribution in [0.1, 0.15) is 52.5 Å². The van der Waals surface area contributed by atoms with Gasteiger partial charge in [0, 0.05) is 45.7 Å². The minimum atomic E-state index is -1.82. The van der Waals surface area contributed by atoms with Crippen LogP contribution in [0.2, 0.25) is 5.02 Å². The zero-order valence-corrected chi connectivity index (χ0v) is 33.5. The van der Waals surface area contributed by atoms with Gasteiger partial charge in [0.1, 0.15) is 40.7 Å². The molecule has 0 saturated carbocycles. The topological polar surface area (TPSA) is 156 Å². The summed E-state index contributed by atoms with van der Waals surface area (Å²) in [5.74, 6) is -0.916. The second-order valence-corrected chi connectivity index (χ2v) is 16.7. The van der Waals surface area contributed by atoms with Crippen molar-refractivity contribution in [3.63, 3.8) is 0 Å². The Bertz CT molecular complexity index is 1580. The molecule has 52 heavy (non-hydrogen) atoms. The third kappa shape index (κ3) is 9.40. The molecule has 2 saturated heterocycles. The van der Waals surface area contributed by atoms with Crippen LogP contribution >= 0.6 is 33.2 Å². The molecule has 3 aliphatic rings. The molecule has 288 valence electrons. The van der Waals surface area contributed by atoms with Gasteiger partial charge in [-0.05, 0) is 51.1 Å². The number of epoxide rings is 1. The number of likely N-dealkylation sites (N-methyl/N-ethyl adjacent to an activating group) is 1. The average molecular weight is 784 g/mol. The molecule has 2 N–H and O–H groups in total. The SMILES string of the molecule is COc1cc2cc(c1Cl)N(C)C(=O)C[C@H](OC(=O)[C@@H](C)N(C)C(=O)CCSSC)C1(C)O[C@H]1[C@H](C)C1C[C@@](O)(NC(=O)O1)[C@H](OC)/C=C/C=C(\C)C2. The Labute approximate surface area is 318 Å². The first kappa shape index (κ1) is 41.8. The lowest BCUT2D eigenvalue weighted by Gasteiger charge is -2.42. The number of aliphatic hydroxyl groups is 1. The Balaban J connectivity index is 1.74. The van der Waals surface area contributed by atoms with Crippen LogP contribution in [0.4, 0.5) is 10.5 Å². The number of alkyl carbamates (subject to hydrolysis) is 1. The summed E-state index contributed by atoms with van der Waals surface area (Å²) in [4.78, 5) is 56.2. The minimum Gasteiger partial charge on any atom is -0.495 e. The van der Waals surface area contributed by atoms with E-state index in [4.69, 9.17) is 35.3 Å². The van der Waals surface area contributed by atoms with Gasteiger partial charge >= 0.3 is 12.1 Å². The van der Waals surface area contributed by atoms with Crippen molar-refractivity contribution in [1.82, 2.24) is 10.2 Å². The molecule has 0 spiro atoms. The molecule has 1 aromatic rings. The maximum absolute atomic E-state index is 14.1. The van der Waals surface area contributed by atoms with Crippen LogP contribution in [0.5, 0.6) is 5.75 Å². The summed E-state index contributed by atoms with van der Waals surface area (Å²) in [6.07, 6.45) is 3.17. The predicted octanol–water partition coefficient (Wildman–Crippen LogP) is 4.92. The smallest absolute Gasteiger partial charge is 0.409 e. The highest BCUT2D eigenvalue weighted by Crippen LogP contribution is 2.49. The maximum Gasteiger partial charge on any atom is 0.409 e. The molecule has 16 heteroatoms. The molecular weight excluding hydrogens is 734 g/mol. The van der Waals surface area contributed by atoms with Gasteiger partial charge in [-0.25, -0.2) is 9.59 Å². The zero-order chi connectivity index (χ0) is 38.5. The van der Waals surface area contributed by atoms with E-state index in [9.17, 15) is 24.3 Å². The molecule has 3 heterocycles. The van der Waals surface area contributed by atoms with Gasteiger partial charge < -0.3 is 38.6 Å². The van der Waals surface area contributed by atoms with Crippen molar-refractivity contribution >= 4 is 62.8 Å². The number of nitrogens with zero attached hydrogens (tertiary/aromatic N) is 2. The molecule has 3 amide bonds. The highest BCUT2D eigenvalue weighted by Gasteiger charge is 2.64. The lowest BCUT2D eigenvalue weighted by molar-refractivity contribution is -0.161. The highest BCUT2D eigenvalue weighted by molar-refractivity contribution is 8.76. The first-order valence-electron chi connectivity index (χ1n) is 17.0. The van der Waals surface area contributed by atoms with E-state index < -0.39 is 65.7 Å². The molecule has 2 unspecified atom stereocenters. The summed E-state index contributed by atoms with van der Waals surface area (Å²) >= 11 is 6.75. The van der Waals surface area contributed by atoms with Gasteiger partial charge in [0.25, 0.3) is 0 Å². The fraction of sp³-hybridized carbons (Fsp3) is 0.611. The predicted molar refractivity (Wildman–Crippen MR) is 202 cm³/mol. The Hall–Kier alpha value is -2.95. The molecule has 2 fully saturated rings. The fourth-order valence-electron chi connectivity index (χ4n) is 6.61. The van der Waals surface area contributed by atoms with E-state index in [0.717, 1.165) is 11.1 Å². The van der Waals surface area contributed by atoms with Gasteiger partial charge in [0.15, 0.2) is 5.72 Å². The lowest BCUT2D eigenvalue weighted by Crippen LogP contribution is -2.63. The number of halogens is 1. The number of rotatable bonds is 9. The minimum absolute atomic E-state index is 0.0452. The summed E-state index contributed by atoms with van der Waals surface area (Å²) in [5, 5.41) is 14.5. The summed E-state index contributed by atoms with van der Waals surface area (Å²) in [6, 6.07) is 2.63. The molecule has 1 aromatic carbocycles. The van der Waals surface area contributed by atoms with E-state index >= 15 is 0 Å². The van der Waals surface area contributed by atoms with Gasteiger partial charge in [-0.3, -0.25) is 14.9 Å². The van der Waals surface area contributed by atoms with Crippen LogP contribution in [0.25, 0.3) is 0 Å². The summed E-state index contributed by atoms with van der Waals surface area (Å²) in [7, 11) is 9.14. The quantitative estimate of drug-likeness (QED) is 0.151. The number of ether oxygens (including phenoxy) is 5. The third-order valence-electron chi connectivity index (χ3n) is 10.0. The monoisotopic (exact) mass is 783 g/mol. The number of nitrogens with one attached hydrogen (secondary N) is 1. The van der Waals surface area contributed by atoms with Crippen LogP contribution < -0.4 is 15.0 Å². The fourth-order valence-corrected chi connectivity index (χ4v) is 8.09. The van der Waals surface area contributed by atoms with Crippen LogP contribution in [0, 0.1) is 5.92 Å². The van der Waals surface area contributed by atoms with Crippen molar-refractivity contribution < 1.29 is 48.0 Å². The molecule has 3 aliphatic heterocycles. The standard InChI is InChI=1S/C36H50ClN3O10S2/c1-20-11-10-12-27(47-8)36(45)19-26(48-34(44)38-36)21(2)32-35(4,50-32)28(49-33(43)22(3)39(5)29(41)13-14-52-51-9)18-30(42)40(6)24-16-23(15-20)17-25(46-7)31(24)37/h10-12,16-17,21-22,26-28,32,45H,13-15,18-19H2,1-9H3,(H,38,44)/b12-10+,20-11+/t21-,22-,26?,27-,28+,32+,35?,36+/m1/s1. The van der Waals surface area contributed by atoms with Crippen molar-refractivity contribution in [2.45, 2.75) is 95.2 Å². The second-order valence-electron chi connectivity index (χ2n) is 13.6. The Morgan fingerprint density at radius 2 is 1.98 bits per heavy atom. The molecule has 0 aliphatic carbocycles. The van der Waals surface area contributed by atoms with Gasteiger partial charge in [-0.2, -0.15) is 0 Å². The number of amides is 3. The van der Waals surface area contributed by atoms with Crippen LogP contribution in [0.3, 0.4) is 0 Å². The van der Waals surface area contributed by atoms with Crippen LogP contribution in [0.15, 0.2) is 35.9 Å². The number of esters is 1. The van der Waals surface area contributed by atoms with Crippen molar-refractivity contribution in [1.29, 1.82) is 0 Å². The number of carbonyl (C=O) groups excluding carboxylic acids is 4.